The maximum Gasteiger partial charge on any atom is 0.268 e. The van der Waals surface area contributed by atoms with Gasteiger partial charge in [0.05, 0.1) is 16.8 Å². The Bertz CT molecular complexity index is 1120. The fourth-order valence-corrected chi connectivity index (χ4v) is 4.11. The van der Waals surface area contributed by atoms with E-state index in [-0.39, 0.29) is 18.4 Å². The Labute approximate surface area is 160 Å². The number of rotatable bonds is 6. The lowest BCUT2D eigenvalue weighted by Gasteiger charge is -2.07. The minimum atomic E-state index is -0.243. The topological polar surface area (TPSA) is 78.9 Å². The van der Waals surface area contributed by atoms with E-state index in [0.29, 0.717) is 12.2 Å². The molecule has 0 fully saturated rings. The second-order valence-electron chi connectivity index (χ2n) is 6.40. The second-order valence-corrected chi connectivity index (χ2v) is 7.35. The highest BCUT2D eigenvalue weighted by molar-refractivity contribution is 7.17. The Morgan fingerprint density at radius 3 is 2.89 bits per heavy atom. The fraction of sp³-hybridized carbons (Fsp3) is 0.200. The molecule has 2 amide bonds. The standard InChI is InChI=1S/C20H20N4O2S/c1-24-16-7-9-27-18(16)10-17(24)20(26)23-12-19(25)21-8-6-13-11-22-15-5-3-2-4-14(13)15/h2-5,7,9-11,22H,6,8,12H2,1H3,(H,21,25)(H,23,26). The number of para-hydroxylation sites is 1. The fourth-order valence-electron chi connectivity index (χ4n) is 3.26. The van der Waals surface area contributed by atoms with Gasteiger partial charge < -0.3 is 20.2 Å². The van der Waals surface area contributed by atoms with E-state index in [0.717, 1.165) is 22.2 Å². The number of nitrogens with one attached hydrogen (secondary N) is 3. The zero-order valence-corrected chi connectivity index (χ0v) is 15.7. The van der Waals surface area contributed by atoms with Gasteiger partial charge in [-0.15, -0.1) is 11.3 Å². The van der Waals surface area contributed by atoms with Crippen molar-refractivity contribution in [2.24, 2.45) is 7.05 Å². The number of carbonyl (C=O) groups excluding carboxylic acids is 2. The van der Waals surface area contributed by atoms with Gasteiger partial charge in [0.2, 0.25) is 5.91 Å². The lowest BCUT2D eigenvalue weighted by molar-refractivity contribution is -0.120. The van der Waals surface area contributed by atoms with Gasteiger partial charge in [-0.1, -0.05) is 18.2 Å². The number of H-pyrrole nitrogens is 1. The van der Waals surface area contributed by atoms with E-state index in [1.165, 1.54) is 10.9 Å². The van der Waals surface area contributed by atoms with E-state index in [1.54, 1.807) is 11.3 Å². The molecule has 7 heteroatoms. The minimum Gasteiger partial charge on any atom is -0.361 e. The summed E-state index contributed by atoms with van der Waals surface area (Å²) in [4.78, 5) is 27.6. The average molecular weight is 380 g/mol. The van der Waals surface area contributed by atoms with Crippen molar-refractivity contribution in [2.75, 3.05) is 13.1 Å². The third kappa shape index (κ3) is 3.46. The highest BCUT2D eigenvalue weighted by Crippen LogP contribution is 2.24. The maximum atomic E-state index is 12.3. The molecule has 6 nitrogen and oxygen atoms in total. The number of hydrogen-bond acceptors (Lipinski definition) is 3. The Morgan fingerprint density at radius 2 is 2.04 bits per heavy atom. The van der Waals surface area contributed by atoms with E-state index in [1.807, 2.05) is 53.5 Å². The van der Waals surface area contributed by atoms with Crippen LogP contribution in [0.2, 0.25) is 0 Å². The molecule has 0 saturated heterocycles. The molecule has 0 unspecified atom stereocenters. The van der Waals surface area contributed by atoms with Gasteiger partial charge in [0.15, 0.2) is 0 Å². The normalized spacial score (nSPS) is 11.1. The predicted molar refractivity (Wildman–Crippen MR) is 108 cm³/mol. The predicted octanol–water partition coefficient (Wildman–Crippen LogP) is 2.81. The highest BCUT2D eigenvalue weighted by atomic mass is 32.1. The zero-order valence-electron chi connectivity index (χ0n) is 14.9. The van der Waals surface area contributed by atoms with Crippen LogP contribution in [0.5, 0.6) is 0 Å². The molecule has 3 aromatic heterocycles. The van der Waals surface area contributed by atoms with Crippen LogP contribution in [-0.2, 0) is 18.3 Å². The first-order valence-corrected chi connectivity index (χ1v) is 9.64. The zero-order chi connectivity index (χ0) is 18.8. The van der Waals surface area contributed by atoms with Gasteiger partial charge in [-0.25, -0.2) is 0 Å². The summed E-state index contributed by atoms with van der Waals surface area (Å²) in [6.45, 7) is 0.488. The summed E-state index contributed by atoms with van der Waals surface area (Å²) in [6.07, 6.45) is 2.71. The molecule has 1 aromatic carbocycles. The molecule has 27 heavy (non-hydrogen) atoms. The number of carbonyl (C=O) groups is 2. The molecular weight excluding hydrogens is 360 g/mol. The summed E-state index contributed by atoms with van der Waals surface area (Å²) >= 11 is 1.59. The molecular formula is C20H20N4O2S. The van der Waals surface area contributed by atoms with Crippen LogP contribution in [0, 0.1) is 0 Å². The lowest BCUT2D eigenvalue weighted by Crippen LogP contribution is -2.38. The SMILES string of the molecule is Cn1c(C(=O)NCC(=O)NCCc2c[nH]c3ccccc23)cc2sccc21. The van der Waals surface area contributed by atoms with E-state index < -0.39 is 0 Å². The highest BCUT2D eigenvalue weighted by Gasteiger charge is 2.14. The van der Waals surface area contributed by atoms with Crippen molar-refractivity contribution >= 4 is 44.3 Å². The smallest absolute Gasteiger partial charge is 0.268 e. The number of thiophene rings is 1. The first-order valence-electron chi connectivity index (χ1n) is 8.76. The van der Waals surface area contributed by atoms with Crippen LogP contribution in [0.1, 0.15) is 16.1 Å². The number of aryl methyl sites for hydroxylation is 1. The Kier molecular flexibility index (Phi) is 4.68. The summed E-state index contributed by atoms with van der Waals surface area (Å²) in [5, 5.41) is 8.71. The van der Waals surface area contributed by atoms with Crippen molar-refractivity contribution in [3.8, 4) is 0 Å². The number of fused-ring (bicyclic) bond motifs is 2. The summed E-state index contributed by atoms with van der Waals surface area (Å²) in [5.41, 5.74) is 3.84. The van der Waals surface area contributed by atoms with Gasteiger partial charge >= 0.3 is 0 Å². The van der Waals surface area contributed by atoms with Gasteiger partial charge in [0.25, 0.3) is 5.91 Å². The number of aromatic nitrogens is 2. The van der Waals surface area contributed by atoms with Gasteiger partial charge in [-0.05, 0) is 35.6 Å². The molecule has 4 aromatic rings. The Balaban J connectivity index is 1.27. The molecule has 3 N–H and O–H groups in total. The third-order valence-electron chi connectivity index (χ3n) is 4.70. The summed E-state index contributed by atoms with van der Waals surface area (Å²) < 4.78 is 2.90. The number of aromatic amines is 1. The number of nitrogens with zero attached hydrogens (tertiary/aromatic N) is 1. The quantitative estimate of drug-likeness (QED) is 0.481. The third-order valence-corrected chi connectivity index (χ3v) is 5.55. The van der Waals surface area contributed by atoms with Gasteiger partial charge in [0, 0.05) is 30.7 Å². The lowest BCUT2D eigenvalue weighted by atomic mass is 10.1. The van der Waals surface area contributed by atoms with Crippen molar-refractivity contribution in [1.82, 2.24) is 20.2 Å². The molecule has 0 spiro atoms. The molecule has 3 heterocycles. The molecule has 4 rings (SSSR count). The minimum absolute atomic E-state index is 0.0362. The summed E-state index contributed by atoms with van der Waals surface area (Å²) in [6, 6.07) is 11.9. The van der Waals surface area contributed by atoms with Crippen molar-refractivity contribution in [1.29, 1.82) is 0 Å². The number of hydrogen-bond donors (Lipinski definition) is 3. The van der Waals surface area contributed by atoms with Crippen LogP contribution >= 0.6 is 11.3 Å². The van der Waals surface area contributed by atoms with Gasteiger partial charge in [0.1, 0.15) is 5.69 Å². The summed E-state index contributed by atoms with van der Waals surface area (Å²) in [5.74, 6) is -0.438. The first kappa shape index (κ1) is 17.4. The van der Waals surface area contributed by atoms with E-state index in [2.05, 4.69) is 21.7 Å². The van der Waals surface area contributed by atoms with Crippen LogP contribution in [-0.4, -0.2) is 34.5 Å². The molecule has 138 valence electrons. The molecule has 0 atom stereocenters. The molecule has 0 radical (unpaired) electrons. The second kappa shape index (κ2) is 7.28. The van der Waals surface area contributed by atoms with E-state index >= 15 is 0 Å². The molecule has 0 bridgehead atoms. The van der Waals surface area contributed by atoms with Crippen molar-refractivity contribution in [3.63, 3.8) is 0 Å². The maximum absolute atomic E-state index is 12.3. The summed E-state index contributed by atoms with van der Waals surface area (Å²) in [7, 11) is 1.85. The molecule has 0 aliphatic rings. The number of amides is 2. The Hall–Kier alpha value is -3.06. The molecule has 0 aliphatic heterocycles. The van der Waals surface area contributed by atoms with Crippen LogP contribution in [0.4, 0.5) is 0 Å². The first-order chi connectivity index (χ1) is 13.1. The van der Waals surface area contributed by atoms with Crippen molar-refractivity contribution < 1.29 is 9.59 Å². The van der Waals surface area contributed by atoms with Crippen molar-refractivity contribution in [2.45, 2.75) is 6.42 Å². The van der Waals surface area contributed by atoms with Gasteiger partial charge in [-0.2, -0.15) is 0 Å². The van der Waals surface area contributed by atoms with E-state index in [4.69, 9.17) is 0 Å². The van der Waals surface area contributed by atoms with Crippen molar-refractivity contribution in [3.05, 3.63) is 59.2 Å². The largest absolute Gasteiger partial charge is 0.361 e. The average Bonchev–Trinajstić information content (AvgIpc) is 3.37. The van der Waals surface area contributed by atoms with Crippen LogP contribution in [0.25, 0.3) is 21.1 Å². The van der Waals surface area contributed by atoms with E-state index in [9.17, 15) is 9.59 Å². The van der Waals surface area contributed by atoms with Crippen LogP contribution in [0.3, 0.4) is 0 Å². The van der Waals surface area contributed by atoms with Crippen LogP contribution in [0.15, 0.2) is 48.0 Å². The monoisotopic (exact) mass is 380 g/mol. The molecule has 0 saturated carbocycles. The number of benzene rings is 1. The van der Waals surface area contributed by atoms with Gasteiger partial charge in [-0.3, -0.25) is 9.59 Å². The molecule has 0 aliphatic carbocycles. The van der Waals surface area contributed by atoms with Crippen LogP contribution < -0.4 is 10.6 Å². The Morgan fingerprint density at radius 1 is 1.19 bits per heavy atom.